The van der Waals surface area contributed by atoms with Gasteiger partial charge in [0.25, 0.3) is 0 Å². The zero-order chi connectivity index (χ0) is 14.8. The monoisotopic (exact) mass is 288 g/mol. The summed E-state index contributed by atoms with van der Waals surface area (Å²) in [5.74, 6) is 0.651. The number of amides is 1. The third-order valence-electron chi connectivity index (χ3n) is 4.50. The molecule has 3 atom stereocenters. The fourth-order valence-electron chi connectivity index (χ4n) is 3.31. The van der Waals surface area contributed by atoms with Crippen molar-refractivity contribution in [2.75, 3.05) is 18.5 Å². The molecule has 2 aliphatic rings. The largest absolute Gasteiger partial charge is 0.376 e. The number of ether oxygens (including phenoxy) is 1. The van der Waals surface area contributed by atoms with Crippen LogP contribution in [0.15, 0.2) is 18.2 Å². The molecule has 21 heavy (non-hydrogen) atoms. The normalized spacial score (nSPS) is 25.7. The quantitative estimate of drug-likeness (QED) is 0.876. The summed E-state index contributed by atoms with van der Waals surface area (Å²) in [6.45, 7) is 6.26. The maximum absolute atomic E-state index is 11.5. The number of nitrogens with one attached hydrogen (secondary N) is 2. The lowest BCUT2D eigenvalue weighted by Crippen LogP contribution is -2.35. The van der Waals surface area contributed by atoms with E-state index in [4.69, 9.17) is 4.74 Å². The van der Waals surface area contributed by atoms with Crippen molar-refractivity contribution in [2.24, 2.45) is 5.92 Å². The van der Waals surface area contributed by atoms with Crippen molar-refractivity contribution in [3.05, 3.63) is 29.3 Å². The molecule has 2 N–H and O–H groups in total. The zero-order valence-electron chi connectivity index (χ0n) is 12.8. The Labute approximate surface area is 126 Å². The molecule has 3 rings (SSSR count). The number of fused-ring (bicyclic) bond motifs is 1. The van der Waals surface area contributed by atoms with Crippen LogP contribution < -0.4 is 10.6 Å². The van der Waals surface area contributed by atoms with Crippen LogP contribution >= 0.6 is 0 Å². The summed E-state index contributed by atoms with van der Waals surface area (Å²) in [4.78, 5) is 11.5. The highest BCUT2D eigenvalue weighted by Crippen LogP contribution is 2.34. The van der Waals surface area contributed by atoms with Gasteiger partial charge in [0.05, 0.1) is 18.6 Å². The van der Waals surface area contributed by atoms with Gasteiger partial charge in [0.15, 0.2) is 0 Å². The van der Waals surface area contributed by atoms with Crippen LogP contribution in [0.3, 0.4) is 0 Å². The molecule has 0 bridgehead atoms. The van der Waals surface area contributed by atoms with E-state index in [-0.39, 0.29) is 18.1 Å². The van der Waals surface area contributed by atoms with Crippen LogP contribution in [0.1, 0.15) is 43.9 Å². The predicted octanol–water partition coefficient (Wildman–Crippen LogP) is 2.65. The summed E-state index contributed by atoms with van der Waals surface area (Å²) in [6.07, 6.45) is 2.94. The van der Waals surface area contributed by atoms with Gasteiger partial charge >= 0.3 is 0 Å². The molecule has 0 aromatic heterocycles. The van der Waals surface area contributed by atoms with Crippen LogP contribution in [-0.2, 0) is 16.0 Å². The van der Waals surface area contributed by atoms with E-state index in [2.05, 4.69) is 36.6 Å². The molecule has 2 aliphatic heterocycles. The molecule has 1 amide bonds. The summed E-state index contributed by atoms with van der Waals surface area (Å²) >= 11 is 0. The van der Waals surface area contributed by atoms with Crippen molar-refractivity contribution < 1.29 is 9.53 Å². The summed E-state index contributed by atoms with van der Waals surface area (Å²) in [5.41, 5.74) is 3.29. The topological polar surface area (TPSA) is 50.4 Å². The molecule has 2 heterocycles. The molecule has 0 radical (unpaired) electrons. The van der Waals surface area contributed by atoms with Gasteiger partial charge in [-0.3, -0.25) is 4.79 Å². The van der Waals surface area contributed by atoms with Crippen LogP contribution in [0.2, 0.25) is 0 Å². The fourth-order valence-corrected chi connectivity index (χ4v) is 3.31. The van der Waals surface area contributed by atoms with Crippen LogP contribution in [0, 0.1) is 5.92 Å². The summed E-state index contributed by atoms with van der Waals surface area (Å²) < 4.78 is 5.97. The van der Waals surface area contributed by atoms with Crippen LogP contribution in [0.5, 0.6) is 0 Å². The molecular weight excluding hydrogens is 264 g/mol. The van der Waals surface area contributed by atoms with Gasteiger partial charge in [0.2, 0.25) is 5.91 Å². The molecule has 0 aliphatic carbocycles. The molecule has 1 fully saturated rings. The Bertz CT molecular complexity index is 530. The van der Waals surface area contributed by atoms with Crippen molar-refractivity contribution in [1.29, 1.82) is 0 Å². The third-order valence-corrected chi connectivity index (χ3v) is 4.50. The third kappa shape index (κ3) is 2.97. The number of benzene rings is 1. The number of hydrogen-bond donors (Lipinski definition) is 2. The van der Waals surface area contributed by atoms with Crippen molar-refractivity contribution in [1.82, 2.24) is 5.32 Å². The average molecular weight is 288 g/mol. The lowest BCUT2D eigenvalue weighted by Gasteiger charge is -2.28. The van der Waals surface area contributed by atoms with Crippen molar-refractivity contribution in [2.45, 2.75) is 45.3 Å². The Kier molecular flexibility index (Phi) is 4.27. The number of anilines is 1. The van der Waals surface area contributed by atoms with Gasteiger partial charge in [-0.1, -0.05) is 26.0 Å². The first-order valence-corrected chi connectivity index (χ1v) is 7.96. The van der Waals surface area contributed by atoms with Gasteiger partial charge in [-0.25, -0.2) is 0 Å². The highest BCUT2D eigenvalue weighted by atomic mass is 16.5. The van der Waals surface area contributed by atoms with Crippen molar-refractivity contribution in [3.63, 3.8) is 0 Å². The van der Waals surface area contributed by atoms with E-state index >= 15 is 0 Å². The van der Waals surface area contributed by atoms with E-state index in [1.165, 1.54) is 5.56 Å². The molecule has 1 saturated heterocycles. The second-order valence-electron chi connectivity index (χ2n) is 6.17. The summed E-state index contributed by atoms with van der Waals surface area (Å²) in [5, 5.41) is 6.52. The first kappa shape index (κ1) is 14.5. The second-order valence-corrected chi connectivity index (χ2v) is 6.17. The Hall–Kier alpha value is -1.39. The predicted molar refractivity (Wildman–Crippen MR) is 83.3 cm³/mol. The summed E-state index contributed by atoms with van der Waals surface area (Å²) in [6, 6.07) is 6.51. The number of carbonyl (C=O) groups is 1. The molecule has 0 saturated carbocycles. The molecule has 3 unspecified atom stereocenters. The minimum atomic E-state index is 0.0886. The van der Waals surface area contributed by atoms with E-state index in [9.17, 15) is 4.79 Å². The lowest BCUT2D eigenvalue weighted by molar-refractivity contribution is -0.115. The Morgan fingerprint density at radius 3 is 3.05 bits per heavy atom. The molecule has 4 heteroatoms. The Morgan fingerprint density at radius 1 is 1.48 bits per heavy atom. The second kappa shape index (κ2) is 6.16. The highest BCUT2D eigenvalue weighted by Gasteiger charge is 2.33. The summed E-state index contributed by atoms with van der Waals surface area (Å²) in [7, 11) is 0. The van der Waals surface area contributed by atoms with E-state index in [1.807, 2.05) is 6.07 Å². The van der Waals surface area contributed by atoms with Gasteiger partial charge in [-0.2, -0.15) is 0 Å². The van der Waals surface area contributed by atoms with Crippen LogP contribution in [0.4, 0.5) is 5.69 Å². The SMILES string of the molecule is CCCNC(c1ccc2c(c1)CC(=O)N2)C1OCCC1C. The van der Waals surface area contributed by atoms with Crippen molar-refractivity contribution in [3.8, 4) is 0 Å². The first-order valence-electron chi connectivity index (χ1n) is 7.96. The molecule has 4 nitrogen and oxygen atoms in total. The molecule has 114 valence electrons. The van der Waals surface area contributed by atoms with E-state index in [0.29, 0.717) is 12.3 Å². The molecular formula is C17H24N2O2. The smallest absolute Gasteiger partial charge is 0.228 e. The lowest BCUT2D eigenvalue weighted by atomic mass is 9.91. The van der Waals surface area contributed by atoms with Crippen molar-refractivity contribution >= 4 is 11.6 Å². The maximum atomic E-state index is 11.5. The van der Waals surface area contributed by atoms with Gasteiger partial charge in [-0.15, -0.1) is 0 Å². The van der Waals surface area contributed by atoms with Gasteiger partial charge in [-0.05, 0) is 42.5 Å². The number of hydrogen-bond acceptors (Lipinski definition) is 3. The van der Waals surface area contributed by atoms with Gasteiger partial charge in [0, 0.05) is 12.3 Å². The standard InChI is InChI=1S/C17H24N2O2/c1-3-7-18-16(17-11(2)6-8-21-17)12-4-5-14-13(9-12)10-15(20)19-14/h4-5,9,11,16-18H,3,6-8,10H2,1-2H3,(H,19,20). The molecule has 1 aromatic rings. The molecule has 0 spiro atoms. The van der Waals surface area contributed by atoms with Crippen LogP contribution in [-0.4, -0.2) is 25.2 Å². The minimum absolute atomic E-state index is 0.0886. The highest BCUT2D eigenvalue weighted by molar-refractivity contribution is 5.99. The molecule has 1 aromatic carbocycles. The van der Waals surface area contributed by atoms with Gasteiger partial charge in [0.1, 0.15) is 0 Å². The number of rotatable bonds is 5. The average Bonchev–Trinajstić information content (AvgIpc) is 3.04. The Morgan fingerprint density at radius 2 is 2.33 bits per heavy atom. The zero-order valence-corrected chi connectivity index (χ0v) is 12.8. The van der Waals surface area contributed by atoms with E-state index in [0.717, 1.165) is 37.2 Å². The fraction of sp³-hybridized carbons (Fsp3) is 0.588. The van der Waals surface area contributed by atoms with E-state index < -0.39 is 0 Å². The first-order chi connectivity index (χ1) is 10.2. The number of carbonyl (C=O) groups excluding carboxylic acids is 1. The maximum Gasteiger partial charge on any atom is 0.228 e. The van der Waals surface area contributed by atoms with Crippen LogP contribution in [0.25, 0.3) is 0 Å². The minimum Gasteiger partial charge on any atom is -0.376 e. The Balaban J connectivity index is 1.86. The van der Waals surface area contributed by atoms with Gasteiger partial charge < -0.3 is 15.4 Å². The van der Waals surface area contributed by atoms with E-state index in [1.54, 1.807) is 0 Å².